The van der Waals surface area contributed by atoms with E-state index < -0.39 is 0 Å². The molecule has 0 aliphatic carbocycles. The predicted octanol–water partition coefficient (Wildman–Crippen LogP) is 2.12. The van der Waals surface area contributed by atoms with Gasteiger partial charge in [0.05, 0.1) is 0 Å². The lowest BCUT2D eigenvalue weighted by atomic mass is 9.90. The third-order valence-corrected chi connectivity index (χ3v) is 2.50. The Hall–Kier alpha value is -1.58. The molecule has 1 aromatic heterocycles. The summed E-state index contributed by atoms with van der Waals surface area (Å²) in [5.41, 5.74) is 1.50. The fourth-order valence-corrected chi connectivity index (χ4v) is 1.42. The minimum absolute atomic E-state index is 0.00519. The minimum atomic E-state index is -0.0752. The Morgan fingerprint density at radius 2 is 1.88 bits per heavy atom. The smallest absolute Gasteiger partial charge is 0.253 e. The van der Waals surface area contributed by atoms with Crippen LogP contribution in [0.1, 0.15) is 36.8 Å². The number of pyridine rings is 1. The zero-order valence-corrected chi connectivity index (χ0v) is 11.5. The van der Waals surface area contributed by atoms with Crippen LogP contribution in [-0.2, 0) is 5.41 Å². The Balaban J connectivity index is 3.28. The van der Waals surface area contributed by atoms with E-state index in [0.29, 0.717) is 5.56 Å². The number of carbonyl (C=O) groups is 1. The average Bonchev–Trinajstić information content (AvgIpc) is 2.26. The van der Waals surface area contributed by atoms with Gasteiger partial charge in [-0.3, -0.25) is 4.79 Å². The quantitative estimate of drug-likeness (QED) is 0.854. The first-order valence-corrected chi connectivity index (χ1v) is 5.67. The molecule has 0 saturated heterocycles. The molecule has 1 heterocycles. The summed E-state index contributed by atoms with van der Waals surface area (Å²) >= 11 is 0. The monoisotopic (exact) mass is 235 g/mol. The topological polar surface area (TPSA) is 45.2 Å². The maximum Gasteiger partial charge on any atom is 0.253 e. The summed E-state index contributed by atoms with van der Waals surface area (Å²) in [6.45, 7) is 6.25. The van der Waals surface area contributed by atoms with Crippen molar-refractivity contribution in [2.24, 2.45) is 0 Å². The SMILES string of the molecule is CNc1cc(C(=O)N(C)C)cc(C(C)(C)C)n1. The highest BCUT2D eigenvalue weighted by molar-refractivity contribution is 5.94. The van der Waals surface area contributed by atoms with Gasteiger partial charge in [-0.15, -0.1) is 0 Å². The van der Waals surface area contributed by atoms with Crippen molar-refractivity contribution >= 4 is 11.7 Å². The largest absolute Gasteiger partial charge is 0.373 e. The fourth-order valence-electron chi connectivity index (χ4n) is 1.42. The van der Waals surface area contributed by atoms with Gasteiger partial charge in [-0.25, -0.2) is 4.98 Å². The number of hydrogen-bond acceptors (Lipinski definition) is 3. The predicted molar refractivity (Wildman–Crippen MR) is 70.5 cm³/mol. The first kappa shape index (κ1) is 13.5. The fraction of sp³-hybridized carbons (Fsp3) is 0.538. The standard InChI is InChI=1S/C13H21N3O/c1-13(2,3)10-7-9(12(17)16(5)6)8-11(14-4)15-10/h7-8H,1-6H3,(H,14,15). The molecule has 1 rings (SSSR count). The van der Waals surface area contributed by atoms with Crippen LogP contribution in [0, 0.1) is 0 Å². The molecule has 94 valence electrons. The molecule has 0 saturated carbocycles. The first-order chi connectivity index (χ1) is 7.75. The van der Waals surface area contributed by atoms with Crippen LogP contribution in [0.15, 0.2) is 12.1 Å². The molecule has 0 atom stereocenters. The zero-order valence-electron chi connectivity index (χ0n) is 11.5. The van der Waals surface area contributed by atoms with Crippen LogP contribution in [0.5, 0.6) is 0 Å². The van der Waals surface area contributed by atoms with E-state index in [4.69, 9.17) is 0 Å². The summed E-state index contributed by atoms with van der Waals surface area (Å²) < 4.78 is 0. The number of anilines is 1. The number of nitrogens with one attached hydrogen (secondary N) is 1. The van der Waals surface area contributed by atoms with E-state index in [1.165, 1.54) is 0 Å². The molecule has 0 aliphatic rings. The molecule has 17 heavy (non-hydrogen) atoms. The van der Waals surface area contributed by atoms with Gasteiger partial charge in [-0.05, 0) is 12.1 Å². The van der Waals surface area contributed by atoms with Crippen LogP contribution < -0.4 is 5.32 Å². The van der Waals surface area contributed by atoms with Crippen molar-refractivity contribution in [1.82, 2.24) is 9.88 Å². The second-order valence-electron chi connectivity index (χ2n) is 5.33. The maximum absolute atomic E-state index is 12.0. The van der Waals surface area contributed by atoms with E-state index in [2.05, 4.69) is 31.1 Å². The number of aromatic nitrogens is 1. The van der Waals surface area contributed by atoms with E-state index in [1.54, 1.807) is 32.1 Å². The number of amides is 1. The minimum Gasteiger partial charge on any atom is -0.373 e. The van der Waals surface area contributed by atoms with Crippen molar-refractivity contribution in [3.8, 4) is 0 Å². The number of rotatable bonds is 2. The Labute approximate surface area is 103 Å². The summed E-state index contributed by atoms with van der Waals surface area (Å²) in [4.78, 5) is 18.0. The Morgan fingerprint density at radius 3 is 2.29 bits per heavy atom. The lowest BCUT2D eigenvalue weighted by molar-refractivity contribution is 0.0827. The average molecular weight is 235 g/mol. The third kappa shape index (κ3) is 3.19. The van der Waals surface area contributed by atoms with Crippen LogP contribution >= 0.6 is 0 Å². The molecule has 0 radical (unpaired) electrons. The third-order valence-electron chi connectivity index (χ3n) is 2.50. The van der Waals surface area contributed by atoms with Gasteiger partial charge >= 0.3 is 0 Å². The summed E-state index contributed by atoms with van der Waals surface area (Å²) in [5, 5.41) is 2.99. The van der Waals surface area contributed by atoms with Crippen molar-refractivity contribution in [2.75, 3.05) is 26.5 Å². The summed E-state index contributed by atoms with van der Waals surface area (Å²) in [6.07, 6.45) is 0. The molecule has 4 heteroatoms. The highest BCUT2D eigenvalue weighted by atomic mass is 16.2. The van der Waals surface area contributed by atoms with Gasteiger partial charge in [0.25, 0.3) is 5.91 Å². The number of hydrogen-bond donors (Lipinski definition) is 1. The molecule has 1 aromatic rings. The van der Waals surface area contributed by atoms with Crippen LogP contribution in [0.25, 0.3) is 0 Å². The summed E-state index contributed by atoms with van der Waals surface area (Å²) in [5.74, 6) is 0.719. The molecule has 0 spiro atoms. The molecule has 1 N–H and O–H groups in total. The maximum atomic E-state index is 12.0. The van der Waals surface area contributed by atoms with Crippen molar-refractivity contribution in [2.45, 2.75) is 26.2 Å². The molecule has 0 bridgehead atoms. The van der Waals surface area contributed by atoms with Gasteiger partial charge in [0.2, 0.25) is 0 Å². The number of nitrogens with zero attached hydrogens (tertiary/aromatic N) is 2. The Morgan fingerprint density at radius 1 is 1.29 bits per heavy atom. The molecule has 1 amide bonds. The summed E-state index contributed by atoms with van der Waals surface area (Å²) in [7, 11) is 5.30. The number of carbonyl (C=O) groups excluding carboxylic acids is 1. The normalized spacial score (nSPS) is 11.2. The molecule has 0 aromatic carbocycles. The van der Waals surface area contributed by atoms with Crippen molar-refractivity contribution in [3.63, 3.8) is 0 Å². The molecule has 0 fully saturated rings. The van der Waals surface area contributed by atoms with Gasteiger partial charge in [-0.2, -0.15) is 0 Å². The second-order valence-corrected chi connectivity index (χ2v) is 5.33. The molecular weight excluding hydrogens is 214 g/mol. The van der Waals surface area contributed by atoms with E-state index in [0.717, 1.165) is 11.5 Å². The van der Waals surface area contributed by atoms with Crippen molar-refractivity contribution in [1.29, 1.82) is 0 Å². The van der Waals surface area contributed by atoms with Gasteiger partial charge in [0.15, 0.2) is 0 Å². The van der Waals surface area contributed by atoms with Gasteiger partial charge in [0, 0.05) is 37.8 Å². The summed E-state index contributed by atoms with van der Waals surface area (Å²) in [6, 6.07) is 3.64. The molecule has 0 unspecified atom stereocenters. The first-order valence-electron chi connectivity index (χ1n) is 5.67. The van der Waals surface area contributed by atoms with E-state index in [-0.39, 0.29) is 11.3 Å². The highest BCUT2D eigenvalue weighted by Crippen LogP contribution is 2.23. The van der Waals surface area contributed by atoms with Crippen LogP contribution in [-0.4, -0.2) is 36.9 Å². The van der Waals surface area contributed by atoms with E-state index in [1.807, 2.05) is 6.07 Å². The van der Waals surface area contributed by atoms with Crippen LogP contribution in [0.3, 0.4) is 0 Å². The Kier molecular flexibility index (Phi) is 3.76. The van der Waals surface area contributed by atoms with Gasteiger partial charge in [-0.1, -0.05) is 20.8 Å². The highest BCUT2D eigenvalue weighted by Gasteiger charge is 2.19. The van der Waals surface area contributed by atoms with Crippen molar-refractivity contribution < 1.29 is 4.79 Å². The lowest BCUT2D eigenvalue weighted by Gasteiger charge is -2.20. The lowest BCUT2D eigenvalue weighted by Crippen LogP contribution is -2.23. The molecule has 0 aliphatic heterocycles. The zero-order chi connectivity index (χ0) is 13.2. The van der Waals surface area contributed by atoms with Crippen LogP contribution in [0.2, 0.25) is 0 Å². The van der Waals surface area contributed by atoms with Gasteiger partial charge < -0.3 is 10.2 Å². The van der Waals surface area contributed by atoms with E-state index >= 15 is 0 Å². The van der Waals surface area contributed by atoms with Gasteiger partial charge in [0.1, 0.15) is 5.82 Å². The molecular formula is C13H21N3O. The molecule has 4 nitrogen and oxygen atoms in total. The Bertz CT molecular complexity index is 419. The van der Waals surface area contributed by atoms with E-state index in [9.17, 15) is 4.79 Å². The van der Waals surface area contributed by atoms with Crippen LogP contribution in [0.4, 0.5) is 5.82 Å². The van der Waals surface area contributed by atoms with Crippen molar-refractivity contribution in [3.05, 3.63) is 23.4 Å². The second kappa shape index (κ2) is 4.73.